The maximum Gasteiger partial charge on any atom is 0.287 e. The van der Waals surface area contributed by atoms with Gasteiger partial charge in [0.25, 0.3) is 17.5 Å². The van der Waals surface area contributed by atoms with Crippen LogP contribution in [0.4, 0.5) is 5.69 Å². The van der Waals surface area contributed by atoms with Gasteiger partial charge in [0.2, 0.25) is 0 Å². The first kappa shape index (κ1) is 26.4. The molecule has 0 heterocycles. The predicted molar refractivity (Wildman–Crippen MR) is 137 cm³/mol. The number of rotatable bonds is 10. The van der Waals surface area contributed by atoms with Crippen molar-refractivity contribution in [2.75, 3.05) is 21.3 Å². The van der Waals surface area contributed by atoms with Gasteiger partial charge in [0.15, 0.2) is 11.5 Å². The molecule has 2 N–H and O–H groups in total. The first-order valence-corrected chi connectivity index (χ1v) is 10.8. The predicted octanol–water partition coefficient (Wildman–Crippen LogP) is 3.54. The summed E-state index contributed by atoms with van der Waals surface area (Å²) < 4.78 is 15.9. The van der Waals surface area contributed by atoms with Gasteiger partial charge in [-0.2, -0.15) is 5.10 Å². The summed E-state index contributed by atoms with van der Waals surface area (Å²) >= 11 is 0. The molecule has 0 aliphatic carbocycles. The molecule has 0 spiro atoms. The van der Waals surface area contributed by atoms with E-state index in [0.717, 1.165) is 0 Å². The van der Waals surface area contributed by atoms with E-state index < -0.39 is 16.7 Å². The molecule has 11 nitrogen and oxygen atoms in total. The van der Waals surface area contributed by atoms with Gasteiger partial charge in [-0.1, -0.05) is 18.2 Å². The van der Waals surface area contributed by atoms with Crippen molar-refractivity contribution in [3.63, 3.8) is 0 Å². The van der Waals surface area contributed by atoms with E-state index >= 15 is 0 Å². The number of nitrogens with one attached hydrogen (secondary N) is 2. The van der Waals surface area contributed by atoms with Crippen molar-refractivity contribution >= 4 is 29.8 Å². The second-order valence-electron chi connectivity index (χ2n) is 7.38. The Bertz CT molecular complexity index is 1340. The zero-order valence-corrected chi connectivity index (χ0v) is 20.3. The lowest BCUT2D eigenvalue weighted by Crippen LogP contribution is -2.32. The zero-order chi connectivity index (χ0) is 26.8. The molecule has 2 amide bonds. The molecule has 3 aromatic rings. The van der Waals surface area contributed by atoms with Crippen molar-refractivity contribution in [3.8, 4) is 17.2 Å². The summed E-state index contributed by atoms with van der Waals surface area (Å²) in [4.78, 5) is 36.1. The first-order chi connectivity index (χ1) is 17.9. The zero-order valence-electron chi connectivity index (χ0n) is 20.3. The Balaban J connectivity index is 1.87. The minimum absolute atomic E-state index is 0.107. The van der Waals surface area contributed by atoms with E-state index in [1.165, 1.54) is 57.9 Å². The van der Waals surface area contributed by atoms with E-state index in [9.17, 15) is 19.7 Å². The normalized spacial score (nSPS) is 11.1. The van der Waals surface area contributed by atoms with E-state index in [-0.39, 0.29) is 11.4 Å². The van der Waals surface area contributed by atoms with Crippen LogP contribution in [0.1, 0.15) is 21.5 Å². The number of nitro groups is 1. The van der Waals surface area contributed by atoms with Gasteiger partial charge in [0.05, 0.1) is 32.5 Å². The largest absolute Gasteiger partial charge is 0.496 e. The minimum Gasteiger partial charge on any atom is -0.496 e. The van der Waals surface area contributed by atoms with E-state index in [1.807, 2.05) is 0 Å². The summed E-state index contributed by atoms with van der Waals surface area (Å²) in [5, 5.41) is 17.5. The summed E-state index contributed by atoms with van der Waals surface area (Å²) in [6, 6.07) is 17.1. The molecule has 0 aromatic heterocycles. The van der Waals surface area contributed by atoms with Crippen LogP contribution in [0.25, 0.3) is 6.08 Å². The highest BCUT2D eigenvalue weighted by atomic mass is 16.6. The second kappa shape index (κ2) is 12.5. The van der Waals surface area contributed by atoms with Gasteiger partial charge < -0.3 is 19.5 Å². The van der Waals surface area contributed by atoms with Crippen LogP contribution in [0.2, 0.25) is 0 Å². The van der Waals surface area contributed by atoms with E-state index in [4.69, 9.17) is 14.2 Å². The molecule has 0 radical (unpaired) electrons. The quantitative estimate of drug-likeness (QED) is 0.186. The number of ether oxygens (including phenoxy) is 3. The summed E-state index contributed by atoms with van der Waals surface area (Å²) in [5.41, 5.74) is 3.42. The van der Waals surface area contributed by atoms with Gasteiger partial charge in [-0.05, 0) is 42.0 Å². The molecular formula is C26H24N4O7. The fourth-order valence-electron chi connectivity index (χ4n) is 3.18. The number of nitrogens with zero attached hydrogens (tertiary/aromatic N) is 2. The van der Waals surface area contributed by atoms with Crippen molar-refractivity contribution in [1.82, 2.24) is 10.7 Å². The van der Waals surface area contributed by atoms with Crippen LogP contribution in [-0.4, -0.2) is 44.3 Å². The number of benzene rings is 3. The average Bonchev–Trinajstić information content (AvgIpc) is 2.92. The molecule has 11 heteroatoms. The van der Waals surface area contributed by atoms with Crippen LogP contribution in [-0.2, 0) is 4.79 Å². The molecule has 0 bridgehead atoms. The number of hydrogen-bond acceptors (Lipinski definition) is 8. The number of carbonyl (C=O) groups is 2. The van der Waals surface area contributed by atoms with Gasteiger partial charge in [0.1, 0.15) is 11.4 Å². The van der Waals surface area contributed by atoms with E-state index in [2.05, 4.69) is 15.8 Å². The summed E-state index contributed by atoms with van der Waals surface area (Å²) in [6.07, 6.45) is 2.73. The molecule has 0 saturated carbocycles. The van der Waals surface area contributed by atoms with Crippen LogP contribution < -0.4 is 25.0 Å². The Morgan fingerprint density at radius 1 is 0.892 bits per heavy atom. The van der Waals surface area contributed by atoms with Gasteiger partial charge in [0, 0.05) is 29.3 Å². The van der Waals surface area contributed by atoms with Gasteiger partial charge in [-0.15, -0.1) is 0 Å². The van der Waals surface area contributed by atoms with Crippen molar-refractivity contribution in [2.45, 2.75) is 0 Å². The smallest absolute Gasteiger partial charge is 0.287 e. The molecule has 190 valence electrons. The number of amides is 2. The molecule has 0 aliphatic rings. The Morgan fingerprint density at radius 2 is 1.51 bits per heavy atom. The lowest BCUT2D eigenvalue weighted by molar-refractivity contribution is -0.384. The van der Waals surface area contributed by atoms with Crippen LogP contribution in [0.5, 0.6) is 17.2 Å². The fourth-order valence-corrected chi connectivity index (χ4v) is 3.18. The lowest BCUT2D eigenvalue weighted by atomic mass is 10.1. The van der Waals surface area contributed by atoms with Gasteiger partial charge >= 0.3 is 0 Å². The molecule has 0 unspecified atom stereocenters. The van der Waals surface area contributed by atoms with Crippen molar-refractivity contribution in [2.24, 2.45) is 5.10 Å². The van der Waals surface area contributed by atoms with Crippen molar-refractivity contribution < 1.29 is 28.7 Å². The summed E-state index contributed by atoms with van der Waals surface area (Å²) in [6.45, 7) is 0. The maximum atomic E-state index is 13.0. The Hall–Kier alpha value is -5.19. The van der Waals surface area contributed by atoms with Crippen molar-refractivity contribution in [3.05, 3.63) is 99.2 Å². The molecule has 0 atom stereocenters. The van der Waals surface area contributed by atoms with Crippen LogP contribution in [0.3, 0.4) is 0 Å². The number of hydrazone groups is 1. The summed E-state index contributed by atoms with van der Waals surface area (Å²) in [7, 11) is 4.45. The molecule has 37 heavy (non-hydrogen) atoms. The maximum absolute atomic E-state index is 13.0. The second-order valence-corrected chi connectivity index (χ2v) is 7.38. The Kier molecular flexibility index (Phi) is 8.92. The van der Waals surface area contributed by atoms with E-state index in [0.29, 0.717) is 33.9 Å². The highest BCUT2D eigenvalue weighted by Gasteiger charge is 2.15. The Labute approximate surface area is 212 Å². The van der Waals surface area contributed by atoms with E-state index in [1.54, 1.807) is 42.5 Å². The van der Waals surface area contributed by atoms with Crippen molar-refractivity contribution in [1.29, 1.82) is 0 Å². The molecule has 3 rings (SSSR count). The van der Waals surface area contributed by atoms with Gasteiger partial charge in [-0.3, -0.25) is 19.7 Å². The SMILES string of the molecule is COc1cc(OC)c(OC)cc1/C=N/NC(=O)/C(=C\c1ccc([N+](=O)[O-])cc1)NC(=O)c1ccccc1. The monoisotopic (exact) mass is 504 g/mol. The minimum atomic E-state index is -0.724. The number of carbonyl (C=O) groups excluding carboxylic acids is 2. The molecule has 3 aromatic carbocycles. The van der Waals surface area contributed by atoms with Crippen LogP contribution in [0, 0.1) is 10.1 Å². The first-order valence-electron chi connectivity index (χ1n) is 10.8. The molecule has 0 saturated heterocycles. The number of nitro benzene ring substituents is 1. The topological polar surface area (TPSA) is 141 Å². The fraction of sp³-hybridized carbons (Fsp3) is 0.115. The number of hydrogen-bond donors (Lipinski definition) is 2. The summed E-state index contributed by atoms with van der Waals surface area (Å²) in [5.74, 6) is 0.0740. The third-order valence-electron chi connectivity index (χ3n) is 5.05. The average molecular weight is 504 g/mol. The van der Waals surface area contributed by atoms with Crippen LogP contribution in [0.15, 0.2) is 77.5 Å². The van der Waals surface area contributed by atoms with Crippen LogP contribution >= 0.6 is 0 Å². The number of methoxy groups -OCH3 is 3. The lowest BCUT2D eigenvalue weighted by Gasteiger charge is -2.12. The van der Waals surface area contributed by atoms with Gasteiger partial charge in [-0.25, -0.2) is 5.43 Å². The number of non-ortho nitro benzene ring substituents is 1. The third kappa shape index (κ3) is 6.92. The highest BCUT2D eigenvalue weighted by molar-refractivity contribution is 6.05. The molecule has 0 aliphatic heterocycles. The standard InChI is InChI=1S/C26H24N4O7/c1-35-22-15-24(37-3)23(36-2)14-19(22)16-27-29-26(32)21(28-25(31)18-7-5-4-6-8-18)13-17-9-11-20(12-10-17)30(33)34/h4-16H,1-3H3,(H,28,31)(H,29,32)/b21-13+,27-16+. The molecule has 0 fully saturated rings. The highest BCUT2D eigenvalue weighted by Crippen LogP contribution is 2.33. The molecular weight excluding hydrogens is 480 g/mol. The third-order valence-corrected chi connectivity index (χ3v) is 5.05. The Morgan fingerprint density at radius 3 is 2.11 bits per heavy atom.